The first-order valence-corrected chi connectivity index (χ1v) is 7.77. The van der Waals surface area contributed by atoms with E-state index in [2.05, 4.69) is 4.98 Å². The third-order valence-electron chi connectivity index (χ3n) is 3.89. The summed E-state index contributed by atoms with van der Waals surface area (Å²) in [5, 5.41) is 0. The standard InChI is InChI=1S/C16H19N3OS/c20-15(18-9-5-2-6-10-18)12-19-11-14(17-16(19)21)13-7-3-1-4-8-13/h1,3-4,7-8,11H,2,5-6,9-10,12H2,(H,17,21). The minimum absolute atomic E-state index is 0.157. The van der Waals surface area contributed by atoms with Gasteiger partial charge >= 0.3 is 0 Å². The normalized spacial score (nSPS) is 15.1. The lowest BCUT2D eigenvalue weighted by Gasteiger charge is -2.26. The third kappa shape index (κ3) is 3.24. The number of likely N-dealkylation sites (tertiary alicyclic amines) is 1. The third-order valence-corrected chi connectivity index (χ3v) is 4.22. The molecular weight excluding hydrogens is 282 g/mol. The Kier molecular flexibility index (Phi) is 4.20. The van der Waals surface area contributed by atoms with Crippen LogP contribution in [0.3, 0.4) is 0 Å². The first-order valence-electron chi connectivity index (χ1n) is 7.37. The van der Waals surface area contributed by atoms with Crippen LogP contribution in [0, 0.1) is 4.77 Å². The van der Waals surface area contributed by atoms with E-state index in [1.165, 1.54) is 6.42 Å². The van der Waals surface area contributed by atoms with Crippen molar-refractivity contribution in [2.75, 3.05) is 13.1 Å². The summed E-state index contributed by atoms with van der Waals surface area (Å²) in [6.07, 6.45) is 5.38. The first kappa shape index (κ1) is 14.1. The molecule has 3 rings (SSSR count). The predicted molar refractivity (Wildman–Crippen MR) is 85.5 cm³/mol. The zero-order valence-corrected chi connectivity index (χ0v) is 12.7. The Balaban J connectivity index is 1.76. The molecule has 1 amide bonds. The Labute approximate surface area is 129 Å². The molecule has 1 aromatic heterocycles. The molecule has 21 heavy (non-hydrogen) atoms. The molecule has 0 bridgehead atoms. The van der Waals surface area contributed by atoms with E-state index in [0.29, 0.717) is 11.3 Å². The largest absolute Gasteiger partial charge is 0.341 e. The number of nitrogens with zero attached hydrogens (tertiary/aromatic N) is 2. The van der Waals surface area contributed by atoms with Crippen molar-refractivity contribution < 1.29 is 4.79 Å². The smallest absolute Gasteiger partial charge is 0.242 e. The number of rotatable bonds is 3. The quantitative estimate of drug-likeness (QED) is 0.884. The lowest BCUT2D eigenvalue weighted by atomic mass is 10.1. The maximum Gasteiger partial charge on any atom is 0.242 e. The van der Waals surface area contributed by atoms with Crippen LogP contribution in [-0.2, 0) is 11.3 Å². The molecule has 5 heteroatoms. The maximum atomic E-state index is 12.3. The van der Waals surface area contributed by atoms with E-state index < -0.39 is 0 Å². The summed E-state index contributed by atoms with van der Waals surface area (Å²) >= 11 is 5.33. The van der Waals surface area contributed by atoms with E-state index >= 15 is 0 Å². The topological polar surface area (TPSA) is 41.0 Å². The van der Waals surface area contributed by atoms with Crippen LogP contribution in [0.15, 0.2) is 36.5 Å². The van der Waals surface area contributed by atoms with Crippen molar-refractivity contribution in [2.24, 2.45) is 0 Å². The number of imidazole rings is 1. The molecule has 4 nitrogen and oxygen atoms in total. The summed E-state index contributed by atoms with van der Waals surface area (Å²) in [5.74, 6) is 0.157. The summed E-state index contributed by atoms with van der Waals surface area (Å²) in [4.78, 5) is 17.4. The average Bonchev–Trinajstić information content (AvgIpc) is 2.90. The Bertz CT molecular complexity index is 668. The molecule has 1 saturated heterocycles. The van der Waals surface area contributed by atoms with Crippen molar-refractivity contribution in [1.82, 2.24) is 14.5 Å². The Morgan fingerprint density at radius 2 is 1.86 bits per heavy atom. The van der Waals surface area contributed by atoms with Gasteiger partial charge in [0.1, 0.15) is 6.54 Å². The van der Waals surface area contributed by atoms with E-state index in [-0.39, 0.29) is 5.91 Å². The molecule has 2 heterocycles. The monoisotopic (exact) mass is 301 g/mol. The summed E-state index contributed by atoms with van der Waals surface area (Å²) in [6, 6.07) is 10.0. The number of hydrogen-bond donors (Lipinski definition) is 1. The fourth-order valence-corrected chi connectivity index (χ4v) is 2.93. The molecule has 2 aromatic rings. The SMILES string of the molecule is O=C(Cn1cc(-c2ccccc2)[nH]c1=S)N1CCCCC1. The fraction of sp³-hybridized carbons (Fsp3) is 0.375. The summed E-state index contributed by atoms with van der Waals surface area (Å²) in [5.41, 5.74) is 2.03. The van der Waals surface area contributed by atoms with Gasteiger partial charge in [0.15, 0.2) is 4.77 Å². The second-order valence-corrected chi connectivity index (χ2v) is 5.79. The highest BCUT2D eigenvalue weighted by Gasteiger charge is 2.17. The number of benzene rings is 1. The van der Waals surface area contributed by atoms with Gasteiger partial charge in [-0.2, -0.15) is 0 Å². The van der Waals surface area contributed by atoms with E-state index in [9.17, 15) is 4.79 Å². The van der Waals surface area contributed by atoms with Gasteiger partial charge < -0.3 is 14.5 Å². The number of H-pyrrole nitrogens is 1. The van der Waals surface area contributed by atoms with Crippen LogP contribution < -0.4 is 0 Å². The molecule has 0 aliphatic carbocycles. The molecule has 1 aliphatic heterocycles. The number of aromatic amines is 1. The van der Waals surface area contributed by atoms with Crippen LogP contribution in [0.5, 0.6) is 0 Å². The van der Waals surface area contributed by atoms with Gasteiger partial charge in [-0.3, -0.25) is 4.79 Å². The van der Waals surface area contributed by atoms with Gasteiger partial charge in [0.05, 0.1) is 5.69 Å². The van der Waals surface area contributed by atoms with Gasteiger partial charge in [-0.1, -0.05) is 30.3 Å². The van der Waals surface area contributed by atoms with E-state index in [1.807, 2.05) is 46.0 Å². The van der Waals surface area contributed by atoms with Gasteiger partial charge in [0.25, 0.3) is 0 Å². The van der Waals surface area contributed by atoms with Gasteiger partial charge in [0.2, 0.25) is 5.91 Å². The Hall–Kier alpha value is -1.88. The van der Waals surface area contributed by atoms with Gasteiger partial charge in [-0.05, 0) is 37.0 Å². The number of hydrogen-bond acceptors (Lipinski definition) is 2. The lowest BCUT2D eigenvalue weighted by Crippen LogP contribution is -2.37. The highest BCUT2D eigenvalue weighted by atomic mass is 32.1. The average molecular weight is 301 g/mol. The van der Waals surface area contributed by atoms with Gasteiger partial charge in [0, 0.05) is 19.3 Å². The number of carbonyl (C=O) groups excluding carboxylic acids is 1. The van der Waals surface area contributed by atoms with Crippen molar-refractivity contribution in [3.05, 3.63) is 41.3 Å². The second kappa shape index (κ2) is 6.26. The van der Waals surface area contributed by atoms with Crippen molar-refractivity contribution >= 4 is 18.1 Å². The summed E-state index contributed by atoms with van der Waals surface area (Å²) in [7, 11) is 0. The molecule has 1 aromatic carbocycles. The minimum Gasteiger partial charge on any atom is -0.341 e. The molecule has 1 aliphatic rings. The minimum atomic E-state index is 0.157. The second-order valence-electron chi connectivity index (χ2n) is 5.41. The van der Waals surface area contributed by atoms with Crippen molar-refractivity contribution in [3.63, 3.8) is 0 Å². The maximum absolute atomic E-state index is 12.3. The van der Waals surface area contributed by atoms with Crippen molar-refractivity contribution in [2.45, 2.75) is 25.8 Å². The molecule has 0 atom stereocenters. The fourth-order valence-electron chi connectivity index (χ4n) is 2.70. The molecule has 0 radical (unpaired) electrons. The highest BCUT2D eigenvalue weighted by molar-refractivity contribution is 7.71. The number of amides is 1. The zero-order valence-electron chi connectivity index (χ0n) is 11.9. The summed E-state index contributed by atoms with van der Waals surface area (Å²) in [6.45, 7) is 2.08. The first-order chi connectivity index (χ1) is 10.2. The van der Waals surface area contributed by atoms with Crippen LogP contribution in [0.25, 0.3) is 11.3 Å². The van der Waals surface area contributed by atoms with Crippen LogP contribution in [0.1, 0.15) is 19.3 Å². The Morgan fingerprint density at radius 3 is 2.57 bits per heavy atom. The van der Waals surface area contributed by atoms with Crippen LogP contribution in [0.4, 0.5) is 0 Å². The number of carbonyl (C=O) groups is 1. The van der Waals surface area contributed by atoms with Crippen LogP contribution >= 0.6 is 12.2 Å². The molecule has 0 saturated carbocycles. The molecule has 110 valence electrons. The molecule has 0 spiro atoms. The van der Waals surface area contributed by atoms with Crippen molar-refractivity contribution in [1.29, 1.82) is 0 Å². The summed E-state index contributed by atoms with van der Waals surface area (Å²) < 4.78 is 2.42. The number of aromatic nitrogens is 2. The van der Waals surface area contributed by atoms with Gasteiger partial charge in [-0.15, -0.1) is 0 Å². The zero-order chi connectivity index (χ0) is 14.7. The van der Waals surface area contributed by atoms with Gasteiger partial charge in [-0.25, -0.2) is 0 Å². The lowest BCUT2D eigenvalue weighted by molar-refractivity contribution is -0.132. The van der Waals surface area contributed by atoms with E-state index in [1.54, 1.807) is 0 Å². The number of piperidine rings is 1. The van der Waals surface area contributed by atoms with Crippen molar-refractivity contribution in [3.8, 4) is 11.3 Å². The highest BCUT2D eigenvalue weighted by Crippen LogP contribution is 2.17. The number of nitrogens with one attached hydrogen (secondary N) is 1. The molecule has 1 fully saturated rings. The van der Waals surface area contributed by atoms with Crippen LogP contribution in [0.2, 0.25) is 0 Å². The molecular formula is C16H19N3OS. The molecule has 0 unspecified atom stereocenters. The van der Waals surface area contributed by atoms with E-state index in [4.69, 9.17) is 12.2 Å². The van der Waals surface area contributed by atoms with E-state index in [0.717, 1.165) is 37.2 Å². The Morgan fingerprint density at radius 1 is 1.14 bits per heavy atom. The van der Waals surface area contributed by atoms with Crippen LogP contribution in [-0.4, -0.2) is 33.4 Å². The predicted octanol–water partition coefficient (Wildman–Crippen LogP) is 3.23. The molecule has 1 N–H and O–H groups in total.